The molecule has 218 valence electrons. The molecule has 0 unspecified atom stereocenters. The maximum Gasteiger partial charge on any atom is 0.253 e. The maximum atomic E-state index is 13.2. The Morgan fingerprint density at radius 1 is 0.953 bits per heavy atom. The van der Waals surface area contributed by atoms with Crippen LogP contribution in [0.2, 0.25) is 0 Å². The Labute approximate surface area is 249 Å². The molecule has 1 aliphatic heterocycles. The number of likely N-dealkylation sites (tertiary alicyclic amines) is 1. The predicted octanol–water partition coefficient (Wildman–Crippen LogP) is 6.44. The van der Waals surface area contributed by atoms with Crippen LogP contribution in [0.1, 0.15) is 47.2 Å². The first-order chi connectivity index (χ1) is 20.9. The molecule has 8 nitrogen and oxygen atoms in total. The second-order valence-corrected chi connectivity index (χ2v) is 10.8. The number of ether oxygens (including phenoxy) is 1. The van der Waals surface area contributed by atoms with Crippen LogP contribution >= 0.6 is 0 Å². The van der Waals surface area contributed by atoms with Gasteiger partial charge in [-0.2, -0.15) is 4.98 Å². The summed E-state index contributed by atoms with van der Waals surface area (Å²) >= 11 is 0. The first kappa shape index (κ1) is 28.1. The Hall–Kier alpha value is -5.05. The van der Waals surface area contributed by atoms with Gasteiger partial charge in [-0.15, -0.1) is 5.10 Å². The molecule has 1 atom stereocenters. The molecule has 0 spiro atoms. The number of halogens is 1. The van der Waals surface area contributed by atoms with E-state index in [9.17, 15) is 14.0 Å². The summed E-state index contributed by atoms with van der Waals surface area (Å²) in [5, 5.41) is 7.81. The molecular weight excluding hydrogens is 545 g/mol. The SMILES string of the molecule is COc1cc(C(=O)N2CCCC2)ccc1Nc1nc2ccc(-c3ccc(CC(=O)[C@H](C)c4ccc(F)cc4)cc3)cn2n1. The Kier molecular flexibility index (Phi) is 7.87. The van der Waals surface area contributed by atoms with Gasteiger partial charge >= 0.3 is 0 Å². The molecule has 0 saturated carbocycles. The van der Waals surface area contributed by atoms with E-state index in [1.54, 1.807) is 35.9 Å². The summed E-state index contributed by atoms with van der Waals surface area (Å²) < 4.78 is 20.5. The molecule has 5 aromatic rings. The summed E-state index contributed by atoms with van der Waals surface area (Å²) in [5.41, 5.74) is 5.57. The van der Waals surface area contributed by atoms with Crippen LogP contribution in [0.25, 0.3) is 16.8 Å². The molecule has 9 heteroatoms. The third-order valence-electron chi connectivity index (χ3n) is 7.94. The Bertz CT molecular complexity index is 1780. The van der Waals surface area contributed by atoms with Gasteiger partial charge in [-0.1, -0.05) is 43.3 Å². The van der Waals surface area contributed by atoms with Gasteiger partial charge in [0.2, 0.25) is 5.95 Å². The lowest BCUT2D eigenvalue weighted by molar-refractivity contribution is -0.119. The van der Waals surface area contributed by atoms with E-state index in [1.165, 1.54) is 12.1 Å². The van der Waals surface area contributed by atoms with Crippen molar-refractivity contribution in [2.24, 2.45) is 0 Å². The Balaban J connectivity index is 1.14. The third-order valence-corrected chi connectivity index (χ3v) is 7.94. The Morgan fingerprint density at radius 2 is 1.67 bits per heavy atom. The molecule has 1 amide bonds. The van der Waals surface area contributed by atoms with E-state index in [4.69, 9.17) is 4.74 Å². The fraction of sp³-hybridized carbons (Fsp3) is 0.235. The minimum atomic E-state index is -0.313. The van der Waals surface area contributed by atoms with Crippen molar-refractivity contribution in [3.63, 3.8) is 0 Å². The normalized spacial score (nSPS) is 13.7. The van der Waals surface area contributed by atoms with Crippen molar-refractivity contribution < 1.29 is 18.7 Å². The molecule has 0 aliphatic carbocycles. The summed E-state index contributed by atoms with van der Waals surface area (Å²) in [5.74, 6) is 0.404. The summed E-state index contributed by atoms with van der Waals surface area (Å²) in [7, 11) is 1.57. The van der Waals surface area contributed by atoms with E-state index in [0.717, 1.165) is 48.2 Å². The number of fused-ring (bicyclic) bond motifs is 1. The number of nitrogens with zero attached hydrogens (tertiary/aromatic N) is 4. The summed E-state index contributed by atoms with van der Waals surface area (Å²) in [6, 6.07) is 23.2. The fourth-order valence-electron chi connectivity index (χ4n) is 5.36. The van der Waals surface area contributed by atoms with Gasteiger partial charge in [-0.25, -0.2) is 8.91 Å². The molecule has 1 aliphatic rings. The number of aromatic nitrogens is 3. The second kappa shape index (κ2) is 12.1. The minimum absolute atomic E-state index is 0.0138. The van der Waals surface area contributed by atoms with Crippen molar-refractivity contribution in [2.75, 3.05) is 25.5 Å². The van der Waals surface area contributed by atoms with Crippen molar-refractivity contribution in [3.05, 3.63) is 108 Å². The third kappa shape index (κ3) is 6.11. The average molecular weight is 578 g/mol. The number of anilines is 2. The number of methoxy groups -OCH3 is 1. The van der Waals surface area contributed by atoms with Crippen molar-refractivity contribution in [1.82, 2.24) is 19.5 Å². The highest BCUT2D eigenvalue weighted by Crippen LogP contribution is 2.29. The molecule has 1 fully saturated rings. The second-order valence-electron chi connectivity index (χ2n) is 10.8. The molecule has 6 rings (SSSR count). The van der Waals surface area contributed by atoms with Gasteiger partial charge in [-0.3, -0.25) is 9.59 Å². The van der Waals surface area contributed by atoms with Gasteiger partial charge in [0.25, 0.3) is 5.91 Å². The van der Waals surface area contributed by atoms with Crippen LogP contribution in [-0.2, 0) is 11.2 Å². The number of benzene rings is 3. The predicted molar refractivity (Wildman–Crippen MR) is 163 cm³/mol. The lowest BCUT2D eigenvalue weighted by Gasteiger charge is -2.16. The molecule has 0 radical (unpaired) electrons. The number of nitrogens with one attached hydrogen (secondary N) is 1. The van der Waals surface area contributed by atoms with Crippen molar-refractivity contribution in [3.8, 4) is 16.9 Å². The summed E-state index contributed by atoms with van der Waals surface area (Å²) in [4.78, 5) is 32.1. The van der Waals surface area contributed by atoms with Crippen LogP contribution in [0, 0.1) is 5.82 Å². The number of ketones is 1. The van der Waals surface area contributed by atoms with Gasteiger partial charge in [0, 0.05) is 42.8 Å². The fourth-order valence-corrected chi connectivity index (χ4v) is 5.36. The van der Waals surface area contributed by atoms with Crippen LogP contribution < -0.4 is 10.1 Å². The van der Waals surface area contributed by atoms with E-state index < -0.39 is 0 Å². The number of hydrogen-bond donors (Lipinski definition) is 1. The van der Waals surface area contributed by atoms with E-state index in [-0.39, 0.29) is 23.4 Å². The number of hydrogen-bond acceptors (Lipinski definition) is 6. The van der Waals surface area contributed by atoms with Crippen LogP contribution in [0.15, 0.2) is 85.1 Å². The highest BCUT2D eigenvalue weighted by Gasteiger charge is 2.21. The van der Waals surface area contributed by atoms with Crippen molar-refractivity contribution in [1.29, 1.82) is 0 Å². The minimum Gasteiger partial charge on any atom is -0.495 e. The molecule has 1 saturated heterocycles. The van der Waals surface area contributed by atoms with Gasteiger partial charge < -0.3 is 15.0 Å². The van der Waals surface area contributed by atoms with Crippen molar-refractivity contribution in [2.45, 2.75) is 32.1 Å². The summed E-state index contributed by atoms with van der Waals surface area (Å²) in [6.07, 6.45) is 4.27. The van der Waals surface area contributed by atoms with Crippen LogP contribution in [0.4, 0.5) is 16.0 Å². The molecule has 43 heavy (non-hydrogen) atoms. The van der Waals surface area contributed by atoms with Crippen LogP contribution in [-0.4, -0.2) is 51.4 Å². The smallest absolute Gasteiger partial charge is 0.253 e. The molecule has 1 N–H and O–H groups in total. The van der Waals surface area contributed by atoms with Gasteiger partial charge in [0.05, 0.1) is 12.8 Å². The van der Waals surface area contributed by atoms with E-state index in [2.05, 4.69) is 15.4 Å². The first-order valence-electron chi connectivity index (χ1n) is 14.4. The van der Waals surface area contributed by atoms with E-state index in [0.29, 0.717) is 35.0 Å². The highest BCUT2D eigenvalue weighted by atomic mass is 19.1. The first-order valence-corrected chi connectivity index (χ1v) is 14.4. The largest absolute Gasteiger partial charge is 0.495 e. The van der Waals surface area contributed by atoms with Crippen LogP contribution in [0.5, 0.6) is 5.75 Å². The number of carbonyl (C=O) groups excluding carboxylic acids is 2. The summed E-state index contributed by atoms with van der Waals surface area (Å²) in [6.45, 7) is 3.43. The molecule has 3 aromatic carbocycles. The standard InChI is InChI=1S/C34H32FN5O3/c1-22(24-9-13-28(35)14-10-24)30(41)19-23-5-7-25(8-6-23)27-12-16-32-37-34(38-40(32)21-27)36-29-15-11-26(20-31(29)43-2)33(42)39-17-3-4-18-39/h5-16,20-22H,3-4,17-19H2,1-2H3,(H,36,38)/t22-/m1/s1. The maximum absolute atomic E-state index is 13.2. The Morgan fingerprint density at radius 3 is 2.40 bits per heavy atom. The number of amides is 1. The lowest BCUT2D eigenvalue weighted by atomic mass is 9.92. The molecular formula is C34H32FN5O3. The quantitative estimate of drug-likeness (QED) is 0.217. The van der Waals surface area contributed by atoms with Crippen LogP contribution in [0.3, 0.4) is 0 Å². The zero-order valence-corrected chi connectivity index (χ0v) is 24.1. The monoisotopic (exact) mass is 577 g/mol. The van der Waals surface area contributed by atoms with Crippen molar-refractivity contribution >= 4 is 29.0 Å². The van der Waals surface area contributed by atoms with Gasteiger partial charge in [0.15, 0.2) is 5.65 Å². The highest BCUT2D eigenvalue weighted by molar-refractivity contribution is 5.95. The number of rotatable bonds is 9. The average Bonchev–Trinajstić information content (AvgIpc) is 3.71. The van der Waals surface area contributed by atoms with Gasteiger partial charge in [-0.05, 0) is 72.0 Å². The zero-order chi connectivity index (χ0) is 29.9. The number of carbonyl (C=O) groups is 2. The lowest BCUT2D eigenvalue weighted by Crippen LogP contribution is -2.27. The van der Waals surface area contributed by atoms with E-state index in [1.807, 2.05) is 60.5 Å². The van der Waals surface area contributed by atoms with E-state index >= 15 is 0 Å². The number of Topliss-reactive ketones (excluding diaryl/α,β-unsaturated/α-hetero) is 1. The number of pyridine rings is 1. The van der Waals surface area contributed by atoms with Gasteiger partial charge in [0.1, 0.15) is 17.3 Å². The molecule has 0 bridgehead atoms. The molecule has 2 aromatic heterocycles. The zero-order valence-electron chi connectivity index (χ0n) is 24.1. The molecule has 3 heterocycles. The topological polar surface area (TPSA) is 88.8 Å².